The van der Waals surface area contributed by atoms with Crippen molar-refractivity contribution in [1.29, 1.82) is 0 Å². The number of halogens is 4. The highest BCUT2D eigenvalue weighted by molar-refractivity contribution is 7.85. The van der Waals surface area contributed by atoms with Crippen LogP contribution in [0.1, 0.15) is 38.0 Å². The normalized spacial score (nSPS) is 12.8. The van der Waals surface area contributed by atoms with E-state index in [4.69, 9.17) is 30.5 Å². The molecule has 2 aromatic rings. The Bertz CT molecular complexity index is 1200. The topological polar surface area (TPSA) is 134 Å². The molecule has 11 nitrogen and oxygen atoms in total. The van der Waals surface area contributed by atoms with Crippen LogP contribution in [0.3, 0.4) is 0 Å². The molecule has 0 aliphatic carbocycles. The molecule has 0 saturated carbocycles. The Morgan fingerprint density at radius 2 is 1.92 bits per heavy atom. The van der Waals surface area contributed by atoms with Crippen molar-refractivity contribution in [3.8, 4) is 17.4 Å². The second kappa shape index (κ2) is 13.8. The zero-order chi connectivity index (χ0) is 28.5. The minimum Gasteiger partial charge on any atom is -0.467 e. The summed E-state index contributed by atoms with van der Waals surface area (Å²) in [6.45, 7) is 4.57. The number of rotatable bonds is 13. The minimum atomic E-state index is -4.67. The third-order valence-electron chi connectivity index (χ3n) is 4.41. The van der Waals surface area contributed by atoms with E-state index in [1.807, 2.05) is 0 Å². The van der Waals surface area contributed by atoms with Gasteiger partial charge in [0.25, 0.3) is 0 Å². The highest BCUT2D eigenvalue weighted by Crippen LogP contribution is 2.38. The molecular weight excluding hydrogens is 559 g/mol. The Morgan fingerprint density at radius 1 is 1.21 bits per heavy atom. The summed E-state index contributed by atoms with van der Waals surface area (Å²) in [5, 5.41) is 1.76. The number of pyridine rings is 1. The van der Waals surface area contributed by atoms with Crippen LogP contribution in [0.5, 0.6) is 17.4 Å². The average molecular weight is 586 g/mol. The lowest BCUT2D eigenvalue weighted by Crippen LogP contribution is -2.36. The van der Waals surface area contributed by atoms with Crippen molar-refractivity contribution in [2.45, 2.75) is 39.2 Å². The van der Waals surface area contributed by atoms with E-state index in [2.05, 4.69) is 19.2 Å². The summed E-state index contributed by atoms with van der Waals surface area (Å²) < 4.78 is 91.8. The first-order valence-electron chi connectivity index (χ1n) is 11.0. The van der Waals surface area contributed by atoms with Crippen LogP contribution in [-0.2, 0) is 30.1 Å². The number of aromatic nitrogens is 1. The maximum absolute atomic E-state index is 13.0. The number of ether oxygens (including phenoxy) is 4. The van der Waals surface area contributed by atoms with Gasteiger partial charge in [-0.2, -0.15) is 26.3 Å². The van der Waals surface area contributed by atoms with E-state index < -0.39 is 51.9 Å². The lowest BCUT2D eigenvalue weighted by Gasteiger charge is -2.24. The molecule has 2 N–H and O–H groups in total. The summed E-state index contributed by atoms with van der Waals surface area (Å²) in [5.74, 6) is -0.118. The van der Waals surface area contributed by atoms with Gasteiger partial charge in [0.15, 0.2) is 6.79 Å². The van der Waals surface area contributed by atoms with E-state index in [9.17, 15) is 26.4 Å². The highest BCUT2D eigenvalue weighted by Gasteiger charge is 2.32. The second-order valence-electron chi connectivity index (χ2n) is 7.74. The van der Waals surface area contributed by atoms with Crippen LogP contribution in [0.2, 0.25) is 5.02 Å². The van der Waals surface area contributed by atoms with Gasteiger partial charge in [0.2, 0.25) is 5.88 Å². The van der Waals surface area contributed by atoms with Crippen molar-refractivity contribution in [3.05, 3.63) is 46.6 Å². The Hall–Kier alpha value is -2.85. The molecule has 1 aromatic carbocycles. The van der Waals surface area contributed by atoms with E-state index in [0.717, 1.165) is 0 Å². The molecule has 0 aliphatic rings. The van der Waals surface area contributed by atoms with E-state index in [0.29, 0.717) is 12.3 Å². The summed E-state index contributed by atoms with van der Waals surface area (Å²) in [5.41, 5.74) is -0.822. The molecule has 0 saturated heterocycles. The first-order chi connectivity index (χ1) is 17.8. The summed E-state index contributed by atoms with van der Waals surface area (Å²) in [4.78, 5) is 15.2. The molecule has 38 heavy (non-hydrogen) atoms. The average Bonchev–Trinajstić information content (AvgIpc) is 2.81. The number of hydrogen-bond donors (Lipinski definition) is 2. The lowest BCUT2D eigenvalue weighted by atomic mass is 10.1. The second-order valence-corrected chi connectivity index (χ2v) is 9.51. The Balaban J connectivity index is 2.43. The molecule has 0 radical (unpaired) electrons. The molecule has 2 rings (SSSR count). The van der Waals surface area contributed by atoms with Crippen LogP contribution in [-0.4, -0.2) is 52.6 Å². The summed E-state index contributed by atoms with van der Waals surface area (Å²) in [6.07, 6.45) is -6.73. The molecule has 1 atom stereocenters. The standard InChI is InChI=1S/C22H27ClF3N3O8S/c1-5-27-21(30)37-38(31,32)29-11-19(35-13(2)3)16-7-6-15(34-12-33-4)9-18(16)36-20-17(23)8-14(10-28-20)22(24,25)26/h6-10,13,19,29H,5,11-12H2,1-4H3,(H,27,30). The molecule has 1 heterocycles. The van der Waals surface area contributed by atoms with Gasteiger partial charge >= 0.3 is 22.6 Å². The van der Waals surface area contributed by atoms with Crippen molar-refractivity contribution in [2.24, 2.45) is 0 Å². The van der Waals surface area contributed by atoms with Gasteiger partial charge in [0.1, 0.15) is 22.6 Å². The van der Waals surface area contributed by atoms with Crippen LogP contribution >= 0.6 is 11.6 Å². The number of alkyl halides is 3. The largest absolute Gasteiger partial charge is 0.467 e. The predicted octanol–water partition coefficient (Wildman–Crippen LogP) is 4.58. The van der Waals surface area contributed by atoms with Gasteiger partial charge in [0.05, 0.1) is 11.7 Å². The van der Waals surface area contributed by atoms with Crippen molar-refractivity contribution >= 4 is 28.0 Å². The first kappa shape index (κ1) is 31.4. The van der Waals surface area contributed by atoms with Crippen LogP contribution in [0.25, 0.3) is 0 Å². The summed E-state index contributed by atoms with van der Waals surface area (Å²) in [6, 6.07) is 5.04. The Kier molecular flexibility index (Phi) is 11.4. The third-order valence-corrected chi connectivity index (χ3v) is 5.57. The fourth-order valence-electron chi connectivity index (χ4n) is 2.89. The van der Waals surface area contributed by atoms with Crippen LogP contribution < -0.4 is 19.5 Å². The van der Waals surface area contributed by atoms with Gasteiger partial charge in [-0.3, -0.25) is 0 Å². The molecule has 1 amide bonds. The molecular formula is C22H27ClF3N3O8S. The maximum Gasteiger partial charge on any atom is 0.423 e. The number of nitrogens with one attached hydrogen (secondary N) is 2. The number of carbonyl (C=O) groups excluding carboxylic acids is 1. The lowest BCUT2D eigenvalue weighted by molar-refractivity contribution is -0.137. The number of benzene rings is 1. The summed E-state index contributed by atoms with van der Waals surface area (Å²) in [7, 11) is -3.12. The van der Waals surface area contributed by atoms with Crippen molar-refractivity contribution in [2.75, 3.05) is 27.0 Å². The molecule has 1 aromatic heterocycles. The zero-order valence-electron chi connectivity index (χ0n) is 20.8. The number of methoxy groups -OCH3 is 1. The smallest absolute Gasteiger partial charge is 0.423 e. The van der Waals surface area contributed by atoms with Crippen molar-refractivity contribution in [1.82, 2.24) is 15.0 Å². The van der Waals surface area contributed by atoms with Crippen LogP contribution in [0.15, 0.2) is 30.5 Å². The van der Waals surface area contributed by atoms with E-state index in [-0.39, 0.29) is 36.3 Å². The fourth-order valence-corrected chi connectivity index (χ4v) is 3.76. The number of amides is 1. The number of carbonyl (C=O) groups is 1. The van der Waals surface area contributed by atoms with E-state index >= 15 is 0 Å². The highest BCUT2D eigenvalue weighted by atomic mass is 35.5. The first-order valence-corrected chi connectivity index (χ1v) is 12.8. The van der Waals surface area contributed by atoms with Crippen molar-refractivity contribution in [3.63, 3.8) is 0 Å². The van der Waals surface area contributed by atoms with Gasteiger partial charge in [-0.25, -0.2) is 9.78 Å². The monoisotopic (exact) mass is 585 g/mol. The minimum absolute atomic E-state index is 0.0118. The predicted molar refractivity (Wildman–Crippen MR) is 129 cm³/mol. The molecule has 1 unspecified atom stereocenters. The zero-order valence-corrected chi connectivity index (χ0v) is 22.4. The van der Waals surface area contributed by atoms with Crippen molar-refractivity contribution < 1.29 is 49.5 Å². The third kappa shape index (κ3) is 9.79. The quantitative estimate of drug-likeness (QED) is 0.324. The number of hydrogen-bond acceptors (Lipinski definition) is 9. The van der Waals surface area contributed by atoms with Gasteiger partial charge < -0.3 is 28.4 Å². The van der Waals surface area contributed by atoms with Crippen LogP contribution in [0.4, 0.5) is 18.0 Å². The molecule has 212 valence electrons. The molecule has 0 bridgehead atoms. The SMILES string of the molecule is CCNC(=O)OS(=O)(=O)NCC(OC(C)C)c1ccc(OCOC)cc1Oc1ncc(C(F)(F)F)cc1Cl. The van der Waals surface area contributed by atoms with Gasteiger partial charge in [-0.15, -0.1) is 0 Å². The fraction of sp³-hybridized carbons (Fsp3) is 0.455. The Labute approximate surface area is 222 Å². The van der Waals surface area contributed by atoms with Crippen LogP contribution in [0, 0.1) is 0 Å². The van der Waals surface area contributed by atoms with Gasteiger partial charge in [-0.1, -0.05) is 11.6 Å². The summed E-state index contributed by atoms with van der Waals surface area (Å²) >= 11 is 6.00. The molecule has 0 fully saturated rings. The van der Waals surface area contributed by atoms with Gasteiger partial charge in [0, 0.05) is 38.0 Å². The van der Waals surface area contributed by atoms with E-state index in [1.165, 1.54) is 25.3 Å². The Morgan fingerprint density at radius 3 is 2.50 bits per heavy atom. The van der Waals surface area contributed by atoms with Gasteiger partial charge in [-0.05, 0) is 39.0 Å². The number of nitrogens with zero attached hydrogens (tertiary/aromatic N) is 1. The molecule has 16 heteroatoms. The molecule has 0 aliphatic heterocycles. The van der Waals surface area contributed by atoms with E-state index in [1.54, 1.807) is 20.8 Å². The maximum atomic E-state index is 13.0. The molecule has 0 spiro atoms.